The minimum absolute atomic E-state index is 0.354. The molecule has 0 fully saturated rings. The predicted octanol–water partition coefficient (Wildman–Crippen LogP) is 3.95. The Hall–Kier alpha value is -3.34. The van der Waals surface area contributed by atoms with Gasteiger partial charge in [-0.3, -0.25) is 4.79 Å². The van der Waals surface area contributed by atoms with Gasteiger partial charge in [0, 0.05) is 11.1 Å². The van der Waals surface area contributed by atoms with Gasteiger partial charge in [0.1, 0.15) is 5.75 Å². The summed E-state index contributed by atoms with van der Waals surface area (Å²) in [5, 5.41) is 4.24. The van der Waals surface area contributed by atoms with Crippen LogP contribution in [0, 0.1) is 6.92 Å². The van der Waals surface area contributed by atoms with Crippen LogP contribution in [0.4, 0.5) is 5.69 Å². The van der Waals surface area contributed by atoms with Crippen LogP contribution in [0.25, 0.3) is 10.8 Å². The standard InChI is InChI=1S/C21H19NO4/c1-14-6-5-7-15(12-14)22-20(23)13-26-21(24)18-10-11-19(25-2)17-9-4-3-8-16(17)18/h3-12H,13H2,1-2H3,(H,22,23). The number of hydrogen-bond acceptors (Lipinski definition) is 4. The summed E-state index contributed by atoms with van der Waals surface area (Å²) in [6.45, 7) is 1.58. The van der Waals surface area contributed by atoms with Gasteiger partial charge in [-0.2, -0.15) is 0 Å². The summed E-state index contributed by atoms with van der Waals surface area (Å²) in [4.78, 5) is 24.4. The van der Waals surface area contributed by atoms with Crippen LogP contribution in [0.15, 0.2) is 60.7 Å². The second-order valence-corrected chi connectivity index (χ2v) is 5.85. The zero-order valence-corrected chi connectivity index (χ0v) is 14.6. The third-order valence-corrected chi connectivity index (χ3v) is 3.96. The van der Waals surface area contributed by atoms with Crippen LogP contribution in [-0.2, 0) is 9.53 Å². The first-order valence-electron chi connectivity index (χ1n) is 8.18. The number of anilines is 1. The Balaban J connectivity index is 1.71. The Morgan fingerprint density at radius 1 is 0.962 bits per heavy atom. The van der Waals surface area contributed by atoms with Crippen molar-refractivity contribution in [3.05, 3.63) is 71.8 Å². The van der Waals surface area contributed by atoms with Gasteiger partial charge in [0.25, 0.3) is 5.91 Å². The van der Waals surface area contributed by atoms with Gasteiger partial charge in [0.05, 0.1) is 12.7 Å². The molecule has 0 aliphatic carbocycles. The van der Waals surface area contributed by atoms with Crippen molar-refractivity contribution in [1.82, 2.24) is 0 Å². The molecule has 0 atom stereocenters. The van der Waals surface area contributed by atoms with Crippen LogP contribution in [-0.4, -0.2) is 25.6 Å². The van der Waals surface area contributed by atoms with Crippen LogP contribution >= 0.6 is 0 Å². The molecule has 3 aromatic carbocycles. The smallest absolute Gasteiger partial charge is 0.339 e. The van der Waals surface area contributed by atoms with Crippen LogP contribution in [0.1, 0.15) is 15.9 Å². The molecule has 0 aliphatic heterocycles. The number of carbonyl (C=O) groups excluding carboxylic acids is 2. The first-order valence-corrected chi connectivity index (χ1v) is 8.18. The highest BCUT2D eigenvalue weighted by Crippen LogP contribution is 2.28. The number of fused-ring (bicyclic) bond motifs is 1. The minimum Gasteiger partial charge on any atom is -0.496 e. The zero-order chi connectivity index (χ0) is 18.5. The Kier molecular flexibility index (Phi) is 5.17. The van der Waals surface area contributed by atoms with Gasteiger partial charge >= 0.3 is 5.97 Å². The number of rotatable bonds is 5. The highest BCUT2D eigenvalue weighted by molar-refractivity contribution is 6.07. The molecule has 0 unspecified atom stereocenters. The fraction of sp³-hybridized carbons (Fsp3) is 0.143. The molecule has 0 radical (unpaired) electrons. The largest absolute Gasteiger partial charge is 0.496 e. The quantitative estimate of drug-likeness (QED) is 0.708. The van der Waals surface area contributed by atoms with E-state index in [1.807, 2.05) is 49.4 Å². The van der Waals surface area contributed by atoms with Crippen molar-refractivity contribution in [2.24, 2.45) is 0 Å². The van der Waals surface area contributed by atoms with E-state index in [1.165, 1.54) is 0 Å². The van der Waals surface area contributed by atoms with Crippen LogP contribution in [0.2, 0.25) is 0 Å². The Morgan fingerprint density at radius 3 is 2.46 bits per heavy atom. The number of methoxy groups -OCH3 is 1. The van der Waals surface area contributed by atoms with Crippen molar-refractivity contribution < 1.29 is 19.1 Å². The number of hydrogen-bond donors (Lipinski definition) is 1. The highest BCUT2D eigenvalue weighted by Gasteiger charge is 2.15. The van der Waals surface area contributed by atoms with E-state index in [2.05, 4.69) is 5.32 Å². The van der Waals surface area contributed by atoms with Crippen molar-refractivity contribution in [2.75, 3.05) is 19.0 Å². The molecule has 5 nitrogen and oxygen atoms in total. The monoisotopic (exact) mass is 349 g/mol. The van der Waals surface area contributed by atoms with Gasteiger partial charge in [0.15, 0.2) is 6.61 Å². The summed E-state index contributed by atoms with van der Waals surface area (Å²) in [7, 11) is 1.58. The van der Waals surface area contributed by atoms with E-state index >= 15 is 0 Å². The number of ether oxygens (including phenoxy) is 2. The van der Waals surface area contributed by atoms with Crippen molar-refractivity contribution in [1.29, 1.82) is 0 Å². The van der Waals surface area contributed by atoms with E-state index < -0.39 is 5.97 Å². The zero-order valence-electron chi connectivity index (χ0n) is 14.6. The molecule has 26 heavy (non-hydrogen) atoms. The maximum Gasteiger partial charge on any atom is 0.339 e. The normalized spacial score (nSPS) is 10.4. The summed E-state index contributed by atoms with van der Waals surface area (Å²) < 4.78 is 10.5. The summed E-state index contributed by atoms with van der Waals surface area (Å²) in [5.74, 6) is -0.264. The molecular weight excluding hydrogens is 330 g/mol. The van der Waals surface area contributed by atoms with Crippen LogP contribution < -0.4 is 10.1 Å². The molecule has 3 rings (SSSR count). The predicted molar refractivity (Wildman–Crippen MR) is 101 cm³/mol. The van der Waals surface area contributed by atoms with Crippen LogP contribution in [0.5, 0.6) is 5.75 Å². The number of aryl methyl sites for hydroxylation is 1. The topological polar surface area (TPSA) is 64.6 Å². The second kappa shape index (κ2) is 7.70. The van der Waals surface area contributed by atoms with E-state index in [1.54, 1.807) is 25.3 Å². The first-order chi connectivity index (χ1) is 12.6. The molecule has 0 saturated heterocycles. The van der Waals surface area contributed by atoms with Crippen molar-refractivity contribution in [2.45, 2.75) is 6.92 Å². The Morgan fingerprint density at radius 2 is 1.73 bits per heavy atom. The first kappa shape index (κ1) is 17.5. The van der Waals surface area contributed by atoms with Crippen molar-refractivity contribution in [3.63, 3.8) is 0 Å². The van der Waals surface area contributed by atoms with E-state index in [0.29, 0.717) is 17.0 Å². The van der Waals surface area contributed by atoms with Gasteiger partial charge < -0.3 is 14.8 Å². The van der Waals surface area contributed by atoms with Crippen molar-refractivity contribution >= 4 is 28.3 Å². The molecule has 1 N–H and O–H groups in total. The highest BCUT2D eigenvalue weighted by atomic mass is 16.5. The summed E-state index contributed by atoms with van der Waals surface area (Å²) >= 11 is 0. The number of carbonyl (C=O) groups is 2. The molecular formula is C21H19NO4. The van der Waals surface area contributed by atoms with E-state index in [-0.39, 0.29) is 12.5 Å². The number of amides is 1. The number of esters is 1. The molecule has 0 spiro atoms. The molecule has 1 amide bonds. The summed E-state index contributed by atoms with van der Waals surface area (Å²) in [6, 6.07) is 18.2. The molecule has 0 bridgehead atoms. The van der Waals surface area contributed by atoms with Crippen molar-refractivity contribution in [3.8, 4) is 5.75 Å². The fourth-order valence-corrected chi connectivity index (χ4v) is 2.76. The Labute approximate surface area is 151 Å². The molecule has 3 aromatic rings. The summed E-state index contributed by atoms with van der Waals surface area (Å²) in [6.07, 6.45) is 0. The molecule has 0 aromatic heterocycles. The average Bonchev–Trinajstić information content (AvgIpc) is 2.65. The van der Waals surface area contributed by atoms with E-state index in [4.69, 9.17) is 9.47 Å². The van der Waals surface area contributed by atoms with Gasteiger partial charge in [-0.25, -0.2) is 4.79 Å². The number of benzene rings is 3. The lowest BCUT2D eigenvalue weighted by Crippen LogP contribution is -2.21. The van der Waals surface area contributed by atoms with Crippen LogP contribution in [0.3, 0.4) is 0 Å². The van der Waals surface area contributed by atoms with Gasteiger partial charge in [-0.05, 0) is 42.1 Å². The number of nitrogens with one attached hydrogen (secondary N) is 1. The third-order valence-electron chi connectivity index (χ3n) is 3.96. The lowest BCUT2D eigenvalue weighted by atomic mass is 10.0. The fourth-order valence-electron chi connectivity index (χ4n) is 2.76. The summed E-state index contributed by atoms with van der Waals surface area (Å²) in [5.41, 5.74) is 2.09. The van der Waals surface area contributed by atoms with E-state index in [0.717, 1.165) is 16.3 Å². The lowest BCUT2D eigenvalue weighted by Gasteiger charge is -2.11. The van der Waals surface area contributed by atoms with Gasteiger partial charge in [-0.1, -0.05) is 36.4 Å². The third kappa shape index (κ3) is 3.83. The SMILES string of the molecule is COc1ccc(C(=O)OCC(=O)Nc2cccc(C)c2)c2ccccc12. The molecule has 5 heteroatoms. The maximum absolute atomic E-state index is 12.4. The molecule has 132 valence electrons. The van der Waals surface area contributed by atoms with Gasteiger partial charge in [-0.15, -0.1) is 0 Å². The maximum atomic E-state index is 12.4. The minimum atomic E-state index is -0.553. The van der Waals surface area contributed by atoms with E-state index in [9.17, 15) is 9.59 Å². The average molecular weight is 349 g/mol. The second-order valence-electron chi connectivity index (χ2n) is 5.85. The Bertz CT molecular complexity index is 965. The van der Waals surface area contributed by atoms with Gasteiger partial charge in [0.2, 0.25) is 0 Å². The molecule has 0 heterocycles. The molecule has 0 aliphatic rings. The lowest BCUT2D eigenvalue weighted by molar-refractivity contribution is -0.119. The molecule has 0 saturated carbocycles.